The molecule has 0 aliphatic carbocycles. The molecule has 0 aliphatic heterocycles. The molecule has 0 radical (unpaired) electrons. The third kappa shape index (κ3) is 4.68. The fourth-order valence-corrected chi connectivity index (χ4v) is 4.91. The van der Waals surface area contributed by atoms with Gasteiger partial charge in [0.05, 0.1) is 5.92 Å². The number of tetrazole rings is 1. The van der Waals surface area contributed by atoms with E-state index in [4.69, 9.17) is 4.74 Å². The summed E-state index contributed by atoms with van der Waals surface area (Å²) in [5.41, 5.74) is 5.92. The highest BCUT2D eigenvalue weighted by atomic mass is 32.1. The standard InChI is InChI=1S/C27H23N5OS/c1-3-6-20(14-26-29-31-32-30-26)21-10-12-27(28-15-21)33-16-19-9-11-25-23(13-19)24(17-34-25)22-8-5-4-7-18(22)2/h4-5,7-13,15,17,20H,14,16H2,1-2H3,(H,29,30,31,32). The van der Waals surface area contributed by atoms with Gasteiger partial charge < -0.3 is 4.74 Å². The molecule has 1 atom stereocenters. The van der Waals surface area contributed by atoms with Gasteiger partial charge >= 0.3 is 0 Å². The predicted molar refractivity (Wildman–Crippen MR) is 135 cm³/mol. The minimum Gasteiger partial charge on any atom is -0.473 e. The second kappa shape index (κ2) is 9.86. The van der Waals surface area contributed by atoms with E-state index in [1.54, 1.807) is 11.3 Å². The molecule has 7 heteroatoms. The van der Waals surface area contributed by atoms with Gasteiger partial charge in [-0.3, -0.25) is 0 Å². The van der Waals surface area contributed by atoms with E-state index < -0.39 is 0 Å². The molecule has 3 aromatic heterocycles. The number of nitrogens with zero attached hydrogens (tertiary/aromatic N) is 4. The maximum atomic E-state index is 6.00. The quantitative estimate of drug-likeness (QED) is 0.311. The summed E-state index contributed by atoms with van der Waals surface area (Å²) in [5, 5.41) is 17.7. The number of hydrogen-bond donors (Lipinski definition) is 1. The van der Waals surface area contributed by atoms with Gasteiger partial charge in [0.1, 0.15) is 6.61 Å². The number of nitrogens with one attached hydrogen (secondary N) is 1. The zero-order valence-electron chi connectivity index (χ0n) is 18.9. The van der Waals surface area contributed by atoms with Crippen molar-refractivity contribution in [2.45, 2.75) is 32.8 Å². The smallest absolute Gasteiger partial charge is 0.213 e. The lowest BCUT2D eigenvalue weighted by Crippen LogP contribution is -2.04. The van der Waals surface area contributed by atoms with Gasteiger partial charge in [0, 0.05) is 34.3 Å². The molecule has 5 rings (SSSR count). The van der Waals surface area contributed by atoms with Crippen molar-refractivity contribution in [1.82, 2.24) is 25.6 Å². The average Bonchev–Trinajstić information content (AvgIpc) is 3.53. The van der Waals surface area contributed by atoms with Crippen LogP contribution in [0.4, 0.5) is 0 Å². The van der Waals surface area contributed by atoms with Gasteiger partial charge in [-0.05, 0) is 53.6 Å². The number of H-pyrrole nitrogens is 1. The largest absolute Gasteiger partial charge is 0.473 e. The fraction of sp³-hybridized carbons (Fsp3) is 0.185. The Morgan fingerprint density at radius 2 is 2.00 bits per heavy atom. The zero-order chi connectivity index (χ0) is 23.3. The van der Waals surface area contributed by atoms with Crippen molar-refractivity contribution >= 4 is 21.4 Å². The molecule has 0 spiro atoms. The molecule has 1 unspecified atom stereocenters. The lowest BCUT2D eigenvalue weighted by Gasteiger charge is -2.10. The van der Waals surface area contributed by atoms with Gasteiger partial charge in [-0.1, -0.05) is 47.5 Å². The zero-order valence-corrected chi connectivity index (χ0v) is 19.8. The Hall–Kier alpha value is -4.02. The maximum absolute atomic E-state index is 6.00. The second-order valence-corrected chi connectivity index (χ2v) is 8.90. The topological polar surface area (TPSA) is 76.6 Å². The molecule has 168 valence electrons. The third-order valence-corrected chi connectivity index (χ3v) is 6.68. The van der Waals surface area contributed by atoms with E-state index in [0.717, 1.165) is 11.1 Å². The molecule has 2 aromatic carbocycles. The first-order valence-electron chi connectivity index (χ1n) is 11.0. The van der Waals surface area contributed by atoms with Crippen LogP contribution in [-0.4, -0.2) is 25.6 Å². The number of aryl methyl sites for hydroxylation is 1. The molecule has 34 heavy (non-hydrogen) atoms. The molecular formula is C27H23N5OS. The van der Waals surface area contributed by atoms with Crippen LogP contribution < -0.4 is 4.74 Å². The normalized spacial score (nSPS) is 11.7. The van der Waals surface area contributed by atoms with E-state index in [-0.39, 0.29) is 5.92 Å². The summed E-state index contributed by atoms with van der Waals surface area (Å²) in [6.07, 6.45) is 2.38. The molecule has 0 saturated heterocycles. The first-order valence-corrected chi connectivity index (χ1v) is 11.9. The van der Waals surface area contributed by atoms with Crippen LogP contribution in [0, 0.1) is 18.8 Å². The average molecular weight is 466 g/mol. The second-order valence-electron chi connectivity index (χ2n) is 7.99. The van der Waals surface area contributed by atoms with Gasteiger partial charge in [-0.15, -0.1) is 27.5 Å². The van der Waals surface area contributed by atoms with Crippen LogP contribution in [0.2, 0.25) is 0 Å². The van der Waals surface area contributed by atoms with E-state index in [1.807, 2.05) is 25.3 Å². The van der Waals surface area contributed by atoms with E-state index in [2.05, 4.69) is 92.2 Å². The van der Waals surface area contributed by atoms with Crippen LogP contribution >= 0.6 is 11.3 Å². The van der Waals surface area contributed by atoms with Gasteiger partial charge in [0.25, 0.3) is 0 Å². The SMILES string of the molecule is CC#CC(Cc1nn[nH]n1)c1ccc(OCc2ccc3scc(-c4ccccc4C)c3c2)nc1. The minimum absolute atomic E-state index is 0.0509. The molecule has 0 bridgehead atoms. The highest BCUT2D eigenvalue weighted by molar-refractivity contribution is 7.17. The monoisotopic (exact) mass is 465 g/mol. The summed E-state index contributed by atoms with van der Waals surface area (Å²) in [5.74, 6) is 7.33. The van der Waals surface area contributed by atoms with Crippen molar-refractivity contribution in [3.8, 4) is 28.8 Å². The number of hydrogen-bond acceptors (Lipinski definition) is 6. The summed E-state index contributed by atoms with van der Waals surface area (Å²) >= 11 is 1.77. The van der Waals surface area contributed by atoms with Gasteiger partial charge in [0.2, 0.25) is 5.88 Å². The van der Waals surface area contributed by atoms with Crippen molar-refractivity contribution in [1.29, 1.82) is 0 Å². The minimum atomic E-state index is -0.0509. The van der Waals surface area contributed by atoms with Crippen LogP contribution in [0.15, 0.2) is 66.2 Å². The number of aromatic nitrogens is 5. The lowest BCUT2D eigenvalue weighted by molar-refractivity contribution is 0.294. The molecule has 0 aliphatic rings. The number of benzene rings is 2. The first kappa shape index (κ1) is 21.8. The van der Waals surface area contributed by atoms with Crippen LogP contribution in [0.25, 0.3) is 21.2 Å². The molecule has 0 amide bonds. The Labute approximate surface area is 202 Å². The lowest BCUT2D eigenvalue weighted by atomic mass is 9.97. The molecule has 0 fully saturated rings. The molecule has 0 saturated carbocycles. The van der Waals surface area contributed by atoms with Gasteiger partial charge in [0.15, 0.2) is 5.82 Å². The van der Waals surface area contributed by atoms with Crippen molar-refractivity contribution in [3.63, 3.8) is 0 Å². The van der Waals surface area contributed by atoms with E-state index in [9.17, 15) is 0 Å². The van der Waals surface area contributed by atoms with Gasteiger partial charge in [-0.2, -0.15) is 5.21 Å². The van der Waals surface area contributed by atoms with Crippen LogP contribution in [0.3, 0.4) is 0 Å². The summed E-state index contributed by atoms with van der Waals surface area (Å²) in [6, 6.07) is 18.9. The van der Waals surface area contributed by atoms with E-state index in [0.29, 0.717) is 24.7 Å². The molecular weight excluding hydrogens is 442 g/mol. The number of ether oxygens (including phenoxy) is 1. The Morgan fingerprint density at radius 1 is 1.09 bits per heavy atom. The van der Waals surface area contributed by atoms with Crippen LogP contribution in [-0.2, 0) is 13.0 Å². The van der Waals surface area contributed by atoms with Crippen molar-refractivity contribution in [2.75, 3.05) is 0 Å². The number of rotatable bonds is 7. The van der Waals surface area contributed by atoms with Gasteiger partial charge in [-0.25, -0.2) is 4.98 Å². The molecule has 5 aromatic rings. The Balaban J connectivity index is 1.31. The number of fused-ring (bicyclic) bond motifs is 1. The Bertz CT molecular complexity index is 1460. The molecule has 3 heterocycles. The van der Waals surface area contributed by atoms with Crippen molar-refractivity contribution in [2.24, 2.45) is 0 Å². The highest BCUT2D eigenvalue weighted by Gasteiger charge is 2.14. The molecule has 1 N–H and O–H groups in total. The van der Waals surface area contributed by atoms with E-state index >= 15 is 0 Å². The maximum Gasteiger partial charge on any atom is 0.213 e. The molecule has 6 nitrogen and oxygen atoms in total. The van der Waals surface area contributed by atoms with Crippen LogP contribution in [0.1, 0.15) is 35.4 Å². The fourth-order valence-electron chi connectivity index (χ4n) is 3.97. The Kier molecular flexibility index (Phi) is 6.32. The van der Waals surface area contributed by atoms with E-state index in [1.165, 1.54) is 26.8 Å². The number of thiophene rings is 1. The number of pyridine rings is 1. The van der Waals surface area contributed by atoms with Crippen molar-refractivity contribution in [3.05, 3.63) is 88.7 Å². The summed E-state index contributed by atoms with van der Waals surface area (Å²) in [6.45, 7) is 4.43. The van der Waals surface area contributed by atoms with Crippen LogP contribution in [0.5, 0.6) is 5.88 Å². The first-order chi connectivity index (χ1) is 16.7. The van der Waals surface area contributed by atoms with Crippen molar-refractivity contribution < 1.29 is 4.74 Å². The summed E-state index contributed by atoms with van der Waals surface area (Å²) in [4.78, 5) is 4.50. The summed E-state index contributed by atoms with van der Waals surface area (Å²) < 4.78 is 7.28. The highest BCUT2D eigenvalue weighted by Crippen LogP contribution is 2.36. The predicted octanol–water partition coefficient (Wildman–Crippen LogP) is 5.71. The number of aromatic amines is 1. The summed E-state index contributed by atoms with van der Waals surface area (Å²) in [7, 11) is 0. The third-order valence-electron chi connectivity index (χ3n) is 5.72. The Morgan fingerprint density at radius 3 is 2.76 bits per heavy atom.